The molecule has 1 amide bonds. The van der Waals surface area contributed by atoms with E-state index >= 15 is 0 Å². The summed E-state index contributed by atoms with van der Waals surface area (Å²) in [6, 6.07) is 0. The predicted molar refractivity (Wildman–Crippen MR) is 62.5 cm³/mol. The maximum absolute atomic E-state index is 11.7. The average Bonchev–Trinajstić information content (AvgIpc) is 2.84. The Balaban J connectivity index is 1.84. The van der Waals surface area contributed by atoms with E-state index in [4.69, 9.17) is 11.6 Å². The largest absolute Gasteiger partial charge is 0.352 e. The van der Waals surface area contributed by atoms with Gasteiger partial charge in [-0.05, 0) is 18.8 Å². The zero-order valence-corrected chi connectivity index (χ0v) is 10.1. The van der Waals surface area contributed by atoms with Crippen molar-refractivity contribution in [3.63, 3.8) is 0 Å². The number of nitrogens with one attached hydrogen (secondary N) is 1. The number of carbonyl (C=O) groups is 1. The van der Waals surface area contributed by atoms with E-state index in [1.165, 1.54) is 6.42 Å². The van der Waals surface area contributed by atoms with Crippen LogP contribution in [0.5, 0.6) is 0 Å². The van der Waals surface area contributed by atoms with Gasteiger partial charge in [0, 0.05) is 25.2 Å². The molecular formula is C11H16ClN3O. The molecular weight excluding hydrogens is 226 g/mol. The summed E-state index contributed by atoms with van der Waals surface area (Å²) in [4.78, 5) is 11.7. The van der Waals surface area contributed by atoms with Gasteiger partial charge in [-0.25, -0.2) is 0 Å². The van der Waals surface area contributed by atoms with Gasteiger partial charge in [0.25, 0.3) is 5.91 Å². The summed E-state index contributed by atoms with van der Waals surface area (Å²) in [5.41, 5.74) is 0.603. The van der Waals surface area contributed by atoms with Crippen LogP contribution in [0.25, 0.3) is 0 Å². The SMILES string of the molecule is Cn1cc(C(=O)NCC2CCCC2Cl)cn1. The maximum Gasteiger partial charge on any atom is 0.254 e. The first kappa shape index (κ1) is 11.5. The maximum atomic E-state index is 11.7. The minimum atomic E-state index is -0.0659. The van der Waals surface area contributed by atoms with Crippen LogP contribution in [0.4, 0.5) is 0 Å². The molecule has 0 saturated heterocycles. The van der Waals surface area contributed by atoms with Crippen LogP contribution in [0, 0.1) is 5.92 Å². The Bertz CT molecular complexity index is 377. The molecule has 1 aromatic rings. The topological polar surface area (TPSA) is 46.9 Å². The average molecular weight is 242 g/mol. The minimum absolute atomic E-state index is 0.0659. The Morgan fingerprint density at radius 2 is 2.50 bits per heavy atom. The molecule has 16 heavy (non-hydrogen) atoms. The van der Waals surface area contributed by atoms with Crippen LogP contribution < -0.4 is 5.32 Å². The Labute approximate surface area is 100.0 Å². The fraction of sp³-hybridized carbons (Fsp3) is 0.636. The molecule has 0 aliphatic heterocycles. The van der Waals surface area contributed by atoms with Crippen molar-refractivity contribution in [1.29, 1.82) is 0 Å². The lowest BCUT2D eigenvalue weighted by Crippen LogP contribution is -2.30. The molecule has 1 heterocycles. The number of hydrogen-bond donors (Lipinski definition) is 1. The van der Waals surface area contributed by atoms with Gasteiger partial charge in [-0.3, -0.25) is 9.48 Å². The van der Waals surface area contributed by atoms with Gasteiger partial charge in [-0.1, -0.05) is 6.42 Å². The smallest absolute Gasteiger partial charge is 0.254 e. The number of alkyl halides is 1. The Kier molecular flexibility index (Phi) is 3.49. The van der Waals surface area contributed by atoms with Crippen LogP contribution in [0.1, 0.15) is 29.6 Å². The van der Waals surface area contributed by atoms with Crippen molar-refractivity contribution in [3.8, 4) is 0 Å². The number of aryl methyl sites for hydroxylation is 1. The zero-order chi connectivity index (χ0) is 11.5. The summed E-state index contributed by atoms with van der Waals surface area (Å²) >= 11 is 6.14. The van der Waals surface area contributed by atoms with E-state index < -0.39 is 0 Å². The molecule has 2 atom stereocenters. The molecule has 1 aliphatic carbocycles. The third-order valence-corrected chi connectivity index (χ3v) is 3.63. The lowest BCUT2D eigenvalue weighted by Gasteiger charge is -2.13. The first-order valence-corrected chi connectivity index (χ1v) is 6.01. The summed E-state index contributed by atoms with van der Waals surface area (Å²) in [6.07, 6.45) is 6.63. The van der Waals surface area contributed by atoms with E-state index in [9.17, 15) is 4.79 Å². The molecule has 0 bridgehead atoms. The molecule has 0 aromatic carbocycles. The highest BCUT2D eigenvalue weighted by molar-refractivity contribution is 6.21. The highest BCUT2D eigenvalue weighted by Gasteiger charge is 2.25. The van der Waals surface area contributed by atoms with Crippen molar-refractivity contribution in [2.75, 3.05) is 6.54 Å². The molecule has 2 unspecified atom stereocenters. The first-order chi connectivity index (χ1) is 7.66. The molecule has 0 spiro atoms. The van der Waals surface area contributed by atoms with Crippen molar-refractivity contribution >= 4 is 17.5 Å². The van der Waals surface area contributed by atoms with Gasteiger partial charge in [0.15, 0.2) is 0 Å². The van der Waals surface area contributed by atoms with E-state index in [-0.39, 0.29) is 11.3 Å². The molecule has 5 heteroatoms. The van der Waals surface area contributed by atoms with Gasteiger partial charge in [-0.15, -0.1) is 11.6 Å². The van der Waals surface area contributed by atoms with E-state index in [2.05, 4.69) is 10.4 Å². The number of carbonyl (C=O) groups excluding carboxylic acids is 1. The molecule has 1 N–H and O–H groups in total. The van der Waals surface area contributed by atoms with Crippen LogP contribution in [0.3, 0.4) is 0 Å². The summed E-state index contributed by atoms with van der Waals surface area (Å²) in [5, 5.41) is 7.09. The fourth-order valence-electron chi connectivity index (χ4n) is 2.09. The normalized spacial score (nSPS) is 24.6. The van der Waals surface area contributed by atoms with Crippen LogP contribution >= 0.6 is 11.6 Å². The lowest BCUT2D eigenvalue weighted by atomic mass is 10.1. The molecule has 4 nitrogen and oxygen atoms in total. The third kappa shape index (κ3) is 2.55. The summed E-state index contributed by atoms with van der Waals surface area (Å²) in [5.74, 6) is 0.353. The summed E-state index contributed by atoms with van der Waals surface area (Å²) in [7, 11) is 1.79. The molecule has 0 radical (unpaired) electrons. The van der Waals surface area contributed by atoms with E-state index in [0.717, 1.165) is 12.8 Å². The number of amides is 1. The van der Waals surface area contributed by atoms with Crippen LogP contribution in [0.2, 0.25) is 0 Å². The summed E-state index contributed by atoms with van der Waals surface area (Å²) in [6.45, 7) is 0.669. The second-order valence-corrected chi connectivity index (χ2v) is 4.88. The van der Waals surface area contributed by atoms with Crippen molar-refractivity contribution in [2.24, 2.45) is 13.0 Å². The zero-order valence-electron chi connectivity index (χ0n) is 9.32. The van der Waals surface area contributed by atoms with E-state index in [1.807, 2.05) is 0 Å². The van der Waals surface area contributed by atoms with Crippen molar-refractivity contribution in [3.05, 3.63) is 18.0 Å². The van der Waals surface area contributed by atoms with Gasteiger partial charge >= 0.3 is 0 Å². The van der Waals surface area contributed by atoms with Crippen LogP contribution in [-0.4, -0.2) is 27.6 Å². The monoisotopic (exact) mass is 241 g/mol. The molecule has 88 valence electrons. The number of aromatic nitrogens is 2. The first-order valence-electron chi connectivity index (χ1n) is 5.57. The molecule has 1 aliphatic rings. The third-order valence-electron chi connectivity index (χ3n) is 3.06. The quantitative estimate of drug-likeness (QED) is 0.817. The summed E-state index contributed by atoms with van der Waals surface area (Å²) < 4.78 is 1.62. The Hall–Kier alpha value is -1.03. The van der Waals surface area contributed by atoms with Gasteiger partial charge in [0.05, 0.1) is 11.8 Å². The van der Waals surface area contributed by atoms with E-state index in [0.29, 0.717) is 18.0 Å². The second kappa shape index (κ2) is 4.87. The Morgan fingerprint density at radius 3 is 3.06 bits per heavy atom. The van der Waals surface area contributed by atoms with Crippen LogP contribution in [-0.2, 0) is 7.05 Å². The number of halogens is 1. The predicted octanol–water partition coefficient (Wildman–Crippen LogP) is 1.56. The standard InChI is InChI=1S/C11H16ClN3O/c1-15-7-9(6-14-15)11(16)13-5-8-3-2-4-10(8)12/h6-8,10H,2-5H2,1H3,(H,13,16). The van der Waals surface area contributed by atoms with Gasteiger partial charge in [0.2, 0.25) is 0 Å². The van der Waals surface area contributed by atoms with Gasteiger partial charge in [-0.2, -0.15) is 5.10 Å². The fourth-order valence-corrected chi connectivity index (χ4v) is 2.46. The molecule has 1 fully saturated rings. The number of hydrogen-bond acceptors (Lipinski definition) is 2. The molecule has 1 saturated carbocycles. The molecule has 1 aromatic heterocycles. The lowest BCUT2D eigenvalue weighted by molar-refractivity contribution is 0.0947. The highest BCUT2D eigenvalue weighted by Crippen LogP contribution is 2.29. The number of rotatable bonds is 3. The van der Waals surface area contributed by atoms with Crippen molar-refractivity contribution in [1.82, 2.24) is 15.1 Å². The minimum Gasteiger partial charge on any atom is -0.352 e. The van der Waals surface area contributed by atoms with E-state index in [1.54, 1.807) is 24.1 Å². The highest BCUT2D eigenvalue weighted by atomic mass is 35.5. The van der Waals surface area contributed by atoms with Crippen molar-refractivity contribution < 1.29 is 4.79 Å². The van der Waals surface area contributed by atoms with Crippen LogP contribution in [0.15, 0.2) is 12.4 Å². The van der Waals surface area contributed by atoms with Gasteiger partial charge in [0.1, 0.15) is 0 Å². The number of nitrogens with zero attached hydrogens (tertiary/aromatic N) is 2. The van der Waals surface area contributed by atoms with Gasteiger partial charge < -0.3 is 5.32 Å². The second-order valence-electron chi connectivity index (χ2n) is 4.32. The van der Waals surface area contributed by atoms with Crippen molar-refractivity contribution in [2.45, 2.75) is 24.6 Å². The molecule has 2 rings (SSSR count). The Morgan fingerprint density at radius 1 is 1.69 bits per heavy atom.